The van der Waals surface area contributed by atoms with Gasteiger partial charge < -0.3 is 25.4 Å². The number of carbonyl (C=O) groups is 3. The number of aromatic amines is 1. The number of halogens is 1. The van der Waals surface area contributed by atoms with Gasteiger partial charge in [0.25, 0.3) is 11.8 Å². The maximum absolute atomic E-state index is 13.3. The number of carbonyl (C=O) groups excluding carboxylic acids is 3. The molecule has 3 atom stereocenters. The summed E-state index contributed by atoms with van der Waals surface area (Å²) in [5.74, 6) is -0.711. The number of amides is 3. The van der Waals surface area contributed by atoms with E-state index in [0.717, 1.165) is 41.0 Å². The fourth-order valence-corrected chi connectivity index (χ4v) is 6.49. The second kappa shape index (κ2) is 10.4. The van der Waals surface area contributed by atoms with E-state index in [1.807, 2.05) is 6.07 Å². The van der Waals surface area contributed by atoms with Crippen LogP contribution < -0.4 is 10.6 Å². The number of likely N-dealkylation sites (N-methyl/N-ethyl adjacent to an activating group) is 1. The van der Waals surface area contributed by atoms with Crippen LogP contribution in [0.5, 0.6) is 0 Å². The normalized spacial score (nSPS) is 21.9. The molecule has 1 aromatic carbocycles. The summed E-state index contributed by atoms with van der Waals surface area (Å²) in [6, 6.07) is 6.45. The molecule has 1 aliphatic carbocycles. The van der Waals surface area contributed by atoms with E-state index in [2.05, 4.69) is 32.5 Å². The lowest BCUT2D eigenvalue weighted by Crippen LogP contribution is -2.56. The van der Waals surface area contributed by atoms with E-state index in [1.165, 1.54) is 11.3 Å². The predicted octanol–water partition coefficient (Wildman–Crippen LogP) is 3.05. The van der Waals surface area contributed by atoms with Gasteiger partial charge in [-0.1, -0.05) is 11.6 Å². The van der Waals surface area contributed by atoms with Gasteiger partial charge in [0.15, 0.2) is 5.01 Å². The second-order valence-corrected chi connectivity index (χ2v) is 11.7. The van der Waals surface area contributed by atoms with E-state index in [-0.39, 0.29) is 29.7 Å². The Morgan fingerprint density at radius 1 is 1.14 bits per heavy atom. The maximum Gasteiger partial charge on any atom is 0.280 e. The van der Waals surface area contributed by atoms with E-state index in [9.17, 15) is 14.4 Å². The van der Waals surface area contributed by atoms with Crippen molar-refractivity contribution >= 4 is 51.6 Å². The molecule has 3 heterocycles. The summed E-state index contributed by atoms with van der Waals surface area (Å²) in [4.78, 5) is 51.8. The quantitative estimate of drug-likeness (QED) is 0.459. The van der Waals surface area contributed by atoms with Crippen LogP contribution in [0.25, 0.3) is 10.9 Å². The van der Waals surface area contributed by atoms with Gasteiger partial charge in [0.05, 0.1) is 11.7 Å². The van der Waals surface area contributed by atoms with Crippen LogP contribution >= 0.6 is 22.9 Å². The van der Waals surface area contributed by atoms with Gasteiger partial charge in [-0.15, -0.1) is 11.3 Å². The van der Waals surface area contributed by atoms with Crippen molar-refractivity contribution in [2.24, 2.45) is 5.92 Å². The smallest absolute Gasteiger partial charge is 0.280 e. The Balaban J connectivity index is 1.34. The van der Waals surface area contributed by atoms with Crippen molar-refractivity contribution in [1.82, 2.24) is 30.4 Å². The molecular formula is C26H31ClN6O3S. The van der Waals surface area contributed by atoms with Crippen molar-refractivity contribution in [2.75, 3.05) is 27.7 Å². The Morgan fingerprint density at radius 3 is 2.70 bits per heavy atom. The molecule has 11 heteroatoms. The lowest BCUT2D eigenvalue weighted by Gasteiger charge is -2.37. The zero-order valence-electron chi connectivity index (χ0n) is 21.1. The monoisotopic (exact) mass is 542 g/mol. The largest absolute Gasteiger partial charge is 0.351 e. The standard InChI is InChI=1S/C26H31ClN6O3S/c1-32(2)26(36)14-4-6-18(29-23(34)21-12-15-10-16(27)5-7-17(15)28-21)20(11-14)30-24(35)25-31-19-8-9-33(3)13-22(19)37-25/h5,7,10,12,14,18,20,28H,4,6,8-9,11,13H2,1-3H3,(H,29,34)(H,30,35)/t14-,18+,20-/m1/s1. The fourth-order valence-electron chi connectivity index (χ4n) is 5.21. The Kier molecular flexibility index (Phi) is 7.24. The molecule has 2 aliphatic rings. The highest BCUT2D eigenvalue weighted by Gasteiger charge is 2.37. The van der Waals surface area contributed by atoms with Crippen molar-refractivity contribution in [3.8, 4) is 0 Å². The van der Waals surface area contributed by atoms with Gasteiger partial charge >= 0.3 is 0 Å². The minimum absolute atomic E-state index is 0.0317. The molecule has 37 heavy (non-hydrogen) atoms. The number of aromatic nitrogens is 2. The van der Waals surface area contributed by atoms with Gasteiger partial charge in [-0.2, -0.15) is 0 Å². The van der Waals surface area contributed by atoms with Crippen molar-refractivity contribution in [3.05, 3.63) is 50.6 Å². The number of H-pyrrole nitrogens is 1. The van der Waals surface area contributed by atoms with E-state index in [4.69, 9.17) is 11.6 Å². The summed E-state index contributed by atoms with van der Waals surface area (Å²) in [6.45, 7) is 1.71. The number of nitrogens with one attached hydrogen (secondary N) is 3. The molecule has 9 nitrogen and oxygen atoms in total. The number of fused-ring (bicyclic) bond motifs is 2. The van der Waals surface area contributed by atoms with E-state index >= 15 is 0 Å². The third-order valence-electron chi connectivity index (χ3n) is 7.22. The van der Waals surface area contributed by atoms with Crippen molar-refractivity contribution in [2.45, 2.75) is 44.3 Å². The summed E-state index contributed by atoms with van der Waals surface area (Å²) in [5, 5.41) is 8.07. The van der Waals surface area contributed by atoms with Crippen LogP contribution in [0.15, 0.2) is 24.3 Å². The molecule has 196 valence electrons. The molecule has 0 bridgehead atoms. The number of nitrogens with zero attached hydrogens (tertiary/aromatic N) is 3. The first-order valence-electron chi connectivity index (χ1n) is 12.5. The first kappa shape index (κ1) is 25.7. The van der Waals surface area contributed by atoms with Crippen molar-refractivity contribution in [1.29, 1.82) is 0 Å². The predicted molar refractivity (Wildman–Crippen MR) is 144 cm³/mol. The van der Waals surface area contributed by atoms with Crippen LogP contribution in [-0.2, 0) is 17.8 Å². The summed E-state index contributed by atoms with van der Waals surface area (Å²) < 4.78 is 0. The summed E-state index contributed by atoms with van der Waals surface area (Å²) in [7, 11) is 5.54. The Labute approximate surface area is 224 Å². The van der Waals surface area contributed by atoms with Crippen LogP contribution in [0.1, 0.15) is 50.1 Å². The minimum atomic E-state index is -0.401. The molecule has 0 spiro atoms. The maximum atomic E-state index is 13.3. The molecule has 2 aromatic heterocycles. The van der Waals surface area contributed by atoms with E-state index in [1.54, 1.807) is 37.2 Å². The average Bonchev–Trinajstić information content (AvgIpc) is 3.48. The highest BCUT2D eigenvalue weighted by Crippen LogP contribution is 2.29. The first-order valence-corrected chi connectivity index (χ1v) is 13.7. The Bertz CT molecular complexity index is 1350. The third-order valence-corrected chi connectivity index (χ3v) is 8.53. The molecule has 1 saturated carbocycles. The SMILES string of the molecule is CN1CCc2nc(C(=O)N[C@@H]3C[C@H](C(=O)N(C)C)CC[C@@H]3NC(=O)c3cc4cc(Cl)ccc4[nH]3)sc2C1. The third kappa shape index (κ3) is 5.51. The number of rotatable bonds is 5. The second-order valence-electron chi connectivity index (χ2n) is 10.2. The van der Waals surface area contributed by atoms with Crippen LogP contribution in [0.2, 0.25) is 5.02 Å². The summed E-state index contributed by atoms with van der Waals surface area (Å²) in [5.41, 5.74) is 2.23. The van der Waals surface area contributed by atoms with Gasteiger partial charge in [-0.25, -0.2) is 4.98 Å². The molecular weight excluding hydrogens is 512 g/mol. The molecule has 0 radical (unpaired) electrons. The molecule has 1 aliphatic heterocycles. The fraction of sp³-hybridized carbons (Fsp3) is 0.462. The van der Waals surface area contributed by atoms with Crippen LogP contribution in [0.4, 0.5) is 0 Å². The van der Waals surface area contributed by atoms with Crippen molar-refractivity contribution in [3.63, 3.8) is 0 Å². The highest BCUT2D eigenvalue weighted by atomic mass is 35.5. The van der Waals surface area contributed by atoms with E-state index < -0.39 is 6.04 Å². The summed E-state index contributed by atoms with van der Waals surface area (Å²) >= 11 is 7.51. The Hall–Kier alpha value is -2.95. The number of hydrogen-bond donors (Lipinski definition) is 3. The minimum Gasteiger partial charge on any atom is -0.351 e. The Morgan fingerprint density at radius 2 is 1.92 bits per heavy atom. The lowest BCUT2D eigenvalue weighted by atomic mass is 9.81. The lowest BCUT2D eigenvalue weighted by molar-refractivity contribution is -0.134. The first-order chi connectivity index (χ1) is 17.7. The zero-order chi connectivity index (χ0) is 26.3. The summed E-state index contributed by atoms with van der Waals surface area (Å²) in [6.07, 6.45) is 2.48. The number of hydrogen-bond acceptors (Lipinski definition) is 6. The molecule has 5 rings (SSSR count). The van der Waals surface area contributed by atoms with Gasteiger partial charge in [0.2, 0.25) is 5.91 Å². The molecule has 0 unspecified atom stereocenters. The van der Waals surface area contributed by atoms with Gasteiger partial charge in [0, 0.05) is 66.4 Å². The van der Waals surface area contributed by atoms with Crippen LogP contribution in [-0.4, -0.2) is 77.3 Å². The van der Waals surface area contributed by atoms with Gasteiger partial charge in [0.1, 0.15) is 5.69 Å². The zero-order valence-corrected chi connectivity index (χ0v) is 22.7. The number of thiazole rings is 1. The average molecular weight is 543 g/mol. The van der Waals surface area contributed by atoms with Gasteiger partial charge in [-0.05, 0) is 50.6 Å². The molecule has 3 N–H and O–H groups in total. The molecule has 3 aromatic rings. The van der Waals surface area contributed by atoms with Gasteiger partial charge in [-0.3, -0.25) is 14.4 Å². The number of benzene rings is 1. The molecule has 0 saturated heterocycles. The molecule has 3 amide bonds. The molecule has 1 fully saturated rings. The van der Waals surface area contributed by atoms with E-state index in [0.29, 0.717) is 35.0 Å². The van der Waals surface area contributed by atoms with Crippen LogP contribution in [0, 0.1) is 5.92 Å². The van der Waals surface area contributed by atoms with Crippen LogP contribution in [0.3, 0.4) is 0 Å². The topological polar surface area (TPSA) is 110 Å². The van der Waals surface area contributed by atoms with Crippen molar-refractivity contribution < 1.29 is 14.4 Å². The highest BCUT2D eigenvalue weighted by molar-refractivity contribution is 7.13.